The summed E-state index contributed by atoms with van der Waals surface area (Å²) in [5.74, 6) is 0. The maximum absolute atomic E-state index is 5.64. The van der Waals surface area contributed by atoms with E-state index < -0.39 is 0 Å². The smallest absolute Gasteiger partial charge is 0.0561 e. The highest BCUT2D eigenvalue weighted by Gasteiger charge is 2.22. The van der Waals surface area contributed by atoms with Crippen LogP contribution in [0.15, 0.2) is 30.3 Å². The molecular weight excluding hydrogens is 260 g/mol. The van der Waals surface area contributed by atoms with Crippen LogP contribution >= 0.6 is 0 Å². The van der Waals surface area contributed by atoms with Crippen LogP contribution in [0.4, 0.5) is 0 Å². The van der Waals surface area contributed by atoms with Crippen molar-refractivity contribution in [2.24, 2.45) is 0 Å². The maximum Gasteiger partial charge on any atom is 0.0561 e. The summed E-state index contributed by atoms with van der Waals surface area (Å²) in [5, 5.41) is 3.78. The average Bonchev–Trinajstić information content (AvgIpc) is 2.52. The molecule has 3 unspecified atom stereocenters. The highest BCUT2D eigenvalue weighted by molar-refractivity contribution is 5.19. The average molecular weight is 290 g/mol. The molecular formula is C18H30N2O. The first-order chi connectivity index (χ1) is 10.2. The molecule has 118 valence electrons. The van der Waals surface area contributed by atoms with E-state index in [2.05, 4.69) is 61.3 Å². The Morgan fingerprint density at radius 3 is 2.57 bits per heavy atom. The van der Waals surface area contributed by atoms with E-state index in [4.69, 9.17) is 4.74 Å². The molecule has 0 aliphatic carbocycles. The van der Waals surface area contributed by atoms with Gasteiger partial charge in [0.2, 0.25) is 0 Å². The molecule has 3 atom stereocenters. The summed E-state index contributed by atoms with van der Waals surface area (Å²) >= 11 is 0. The number of rotatable bonds is 7. The molecule has 0 spiro atoms. The van der Waals surface area contributed by atoms with Crippen molar-refractivity contribution in [2.75, 3.05) is 26.2 Å². The van der Waals surface area contributed by atoms with E-state index in [1.54, 1.807) is 0 Å². The standard InChI is InChI=1S/C18H30N2O/c1-4-20(5-2)18(16-9-7-6-8-10-16)14-19-17-11-12-21-15(3)13-17/h6-10,15,17-19H,4-5,11-14H2,1-3H3. The van der Waals surface area contributed by atoms with Crippen LogP contribution in [0.3, 0.4) is 0 Å². The van der Waals surface area contributed by atoms with Crippen LogP contribution in [0.25, 0.3) is 0 Å². The molecule has 0 amide bonds. The number of ether oxygens (including phenoxy) is 1. The van der Waals surface area contributed by atoms with Gasteiger partial charge in [-0.25, -0.2) is 0 Å². The van der Waals surface area contributed by atoms with Crippen molar-refractivity contribution in [3.63, 3.8) is 0 Å². The number of hydrogen-bond donors (Lipinski definition) is 1. The Kier molecular flexibility index (Phi) is 6.68. The first-order valence-electron chi connectivity index (χ1n) is 8.38. The van der Waals surface area contributed by atoms with E-state index in [0.717, 1.165) is 39.1 Å². The Morgan fingerprint density at radius 1 is 1.24 bits per heavy atom. The number of hydrogen-bond acceptors (Lipinski definition) is 3. The summed E-state index contributed by atoms with van der Waals surface area (Å²) < 4.78 is 5.64. The molecule has 1 aromatic carbocycles. The molecule has 1 aromatic rings. The maximum atomic E-state index is 5.64. The van der Waals surface area contributed by atoms with Gasteiger partial charge in [0.15, 0.2) is 0 Å². The minimum absolute atomic E-state index is 0.389. The largest absolute Gasteiger partial charge is 0.378 e. The molecule has 21 heavy (non-hydrogen) atoms. The monoisotopic (exact) mass is 290 g/mol. The second-order valence-corrected chi connectivity index (χ2v) is 5.96. The predicted octanol–water partition coefficient (Wildman–Crippen LogP) is 3.23. The molecule has 0 bridgehead atoms. The molecule has 0 saturated carbocycles. The van der Waals surface area contributed by atoms with Crippen LogP contribution < -0.4 is 5.32 Å². The fourth-order valence-electron chi connectivity index (χ4n) is 3.26. The number of nitrogens with one attached hydrogen (secondary N) is 1. The van der Waals surface area contributed by atoms with Crippen molar-refractivity contribution in [3.05, 3.63) is 35.9 Å². The lowest BCUT2D eigenvalue weighted by molar-refractivity contribution is 0.0120. The lowest BCUT2D eigenvalue weighted by atomic mass is 10.0. The van der Waals surface area contributed by atoms with Crippen molar-refractivity contribution >= 4 is 0 Å². The molecule has 3 heteroatoms. The van der Waals surface area contributed by atoms with Crippen LogP contribution in [0, 0.1) is 0 Å². The normalized spacial score (nSPS) is 24.2. The molecule has 2 rings (SSSR count). The topological polar surface area (TPSA) is 24.5 Å². The van der Waals surface area contributed by atoms with Gasteiger partial charge in [-0.05, 0) is 38.4 Å². The zero-order valence-electron chi connectivity index (χ0n) is 13.7. The Morgan fingerprint density at radius 2 is 1.95 bits per heavy atom. The molecule has 1 aliphatic rings. The van der Waals surface area contributed by atoms with Gasteiger partial charge >= 0.3 is 0 Å². The Hall–Kier alpha value is -0.900. The van der Waals surface area contributed by atoms with Crippen LogP contribution in [0.5, 0.6) is 0 Å². The first kappa shape index (κ1) is 16.5. The van der Waals surface area contributed by atoms with Gasteiger partial charge < -0.3 is 10.1 Å². The van der Waals surface area contributed by atoms with Gasteiger partial charge in [0.25, 0.3) is 0 Å². The van der Waals surface area contributed by atoms with E-state index in [-0.39, 0.29) is 0 Å². The van der Waals surface area contributed by atoms with Crippen LogP contribution in [-0.4, -0.2) is 43.3 Å². The fraction of sp³-hybridized carbons (Fsp3) is 0.667. The SMILES string of the molecule is CCN(CC)C(CNC1CCOC(C)C1)c1ccccc1. The van der Waals surface area contributed by atoms with Gasteiger partial charge in [0.05, 0.1) is 6.10 Å². The number of likely N-dealkylation sites (N-methyl/N-ethyl adjacent to an activating group) is 1. The Balaban J connectivity index is 1.99. The number of benzene rings is 1. The molecule has 1 heterocycles. The fourth-order valence-corrected chi connectivity index (χ4v) is 3.26. The summed E-state index contributed by atoms with van der Waals surface area (Å²) in [7, 11) is 0. The molecule has 0 aromatic heterocycles. The molecule has 1 saturated heterocycles. The Labute approximate surface area is 129 Å². The lowest BCUT2D eigenvalue weighted by Crippen LogP contribution is -2.43. The van der Waals surface area contributed by atoms with E-state index in [1.807, 2.05) is 0 Å². The zero-order valence-corrected chi connectivity index (χ0v) is 13.7. The summed E-state index contributed by atoms with van der Waals surface area (Å²) in [6.07, 6.45) is 2.64. The van der Waals surface area contributed by atoms with Crippen molar-refractivity contribution in [3.8, 4) is 0 Å². The highest BCUT2D eigenvalue weighted by Crippen LogP contribution is 2.21. The second-order valence-electron chi connectivity index (χ2n) is 5.96. The molecule has 1 aliphatic heterocycles. The van der Waals surface area contributed by atoms with E-state index in [9.17, 15) is 0 Å². The summed E-state index contributed by atoms with van der Waals surface area (Å²) in [4.78, 5) is 2.53. The summed E-state index contributed by atoms with van der Waals surface area (Å²) in [6, 6.07) is 11.9. The van der Waals surface area contributed by atoms with Gasteiger partial charge in [-0.3, -0.25) is 4.90 Å². The third kappa shape index (κ3) is 4.80. The predicted molar refractivity (Wildman–Crippen MR) is 88.5 cm³/mol. The van der Waals surface area contributed by atoms with Crippen LogP contribution in [0.2, 0.25) is 0 Å². The molecule has 3 nitrogen and oxygen atoms in total. The summed E-state index contributed by atoms with van der Waals surface area (Å²) in [5.41, 5.74) is 1.41. The zero-order chi connectivity index (χ0) is 15.1. The molecule has 1 N–H and O–H groups in total. The van der Waals surface area contributed by atoms with E-state index in [0.29, 0.717) is 18.2 Å². The summed E-state index contributed by atoms with van der Waals surface area (Å²) in [6.45, 7) is 10.7. The van der Waals surface area contributed by atoms with Gasteiger partial charge in [-0.15, -0.1) is 0 Å². The third-order valence-corrected chi connectivity index (χ3v) is 4.52. The lowest BCUT2D eigenvalue weighted by Gasteiger charge is -2.34. The van der Waals surface area contributed by atoms with Crippen molar-refractivity contribution in [1.29, 1.82) is 0 Å². The number of nitrogens with zero attached hydrogens (tertiary/aromatic N) is 1. The quantitative estimate of drug-likeness (QED) is 0.834. The van der Waals surface area contributed by atoms with Crippen molar-refractivity contribution in [2.45, 2.75) is 51.8 Å². The minimum Gasteiger partial charge on any atom is -0.378 e. The van der Waals surface area contributed by atoms with Crippen LogP contribution in [0.1, 0.15) is 45.2 Å². The first-order valence-corrected chi connectivity index (χ1v) is 8.38. The van der Waals surface area contributed by atoms with Gasteiger partial charge in [0.1, 0.15) is 0 Å². The van der Waals surface area contributed by atoms with E-state index >= 15 is 0 Å². The molecule has 1 fully saturated rings. The minimum atomic E-state index is 0.389. The molecule has 0 radical (unpaired) electrons. The van der Waals surface area contributed by atoms with Crippen LogP contribution in [-0.2, 0) is 4.74 Å². The van der Waals surface area contributed by atoms with E-state index in [1.165, 1.54) is 5.56 Å². The van der Waals surface area contributed by atoms with Crippen molar-refractivity contribution in [1.82, 2.24) is 10.2 Å². The highest BCUT2D eigenvalue weighted by atomic mass is 16.5. The van der Waals surface area contributed by atoms with Gasteiger partial charge in [0, 0.05) is 25.2 Å². The van der Waals surface area contributed by atoms with Crippen molar-refractivity contribution < 1.29 is 4.74 Å². The van der Waals surface area contributed by atoms with Gasteiger partial charge in [-0.2, -0.15) is 0 Å². The Bertz CT molecular complexity index is 391. The van der Waals surface area contributed by atoms with Gasteiger partial charge in [-0.1, -0.05) is 44.2 Å². The second kappa shape index (κ2) is 8.52. The third-order valence-electron chi connectivity index (χ3n) is 4.52.